The molecule has 1 aliphatic rings. The smallest absolute Gasteiger partial charge is 0.258 e. The lowest BCUT2D eigenvalue weighted by atomic mass is 10.1. The van der Waals surface area contributed by atoms with Crippen molar-refractivity contribution < 1.29 is 18.8 Å². The Morgan fingerprint density at radius 3 is 2.14 bits per heavy atom. The zero-order valence-electron chi connectivity index (χ0n) is 19.7. The fraction of sp³-hybridized carbons (Fsp3) is 0.250. The van der Waals surface area contributed by atoms with E-state index in [4.69, 9.17) is 0 Å². The topological polar surface area (TPSA) is 60.9 Å². The van der Waals surface area contributed by atoms with E-state index in [0.717, 1.165) is 11.1 Å². The Balaban J connectivity index is 1.54. The lowest BCUT2D eigenvalue weighted by Gasteiger charge is -2.34. The Morgan fingerprint density at radius 2 is 1.46 bits per heavy atom. The fourth-order valence-corrected chi connectivity index (χ4v) is 4.22. The Kier molecular flexibility index (Phi) is 7.55. The first kappa shape index (κ1) is 24.1. The molecule has 1 aliphatic heterocycles. The van der Waals surface area contributed by atoms with Crippen LogP contribution in [0, 0.1) is 5.82 Å². The molecule has 0 unspecified atom stereocenters. The van der Waals surface area contributed by atoms with Gasteiger partial charge in [-0.2, -0.15) is 0 Å². The van der Waals surface area contributed by atoms with E-state index in [9.17, 15) is 18.8 Å². The Labute approximate surface area is 204 Å². The number of nitrogens with zero attached hydrogens (tertiary/aromatic N) is 3. The van der Waals surface area contributed by atoms with Crippen molar-refractivity contribution in [2.24, 2.45) is 0 Å². The van der Waals surface area contributed by atoms with Gasteiger partial charge in [0.05, 0.1) is 13.0 Å². The molecule has 3 amide bonds. The van der Waals surface area contributed by atoms with Crippen molar-refractivity contribution in [1.29, 1.82) is 0 Å². The maximum atomic E-state index is 13.8. The van der Waals surface area contributed by atoms with E-state index in [1.165, 1.54) is 25.1 Å². The molecule has 0 bridgehead atoms. The van der Waals surface area contributed by atoms with Crippen LogP contribution in [0.4, 0.5) is 10.1 Å². The van der Waals surface area contributed by atoms with Crippen molar-refractivity contribution in [3.8, 4) is 0 Å². The largest absolute Gasteiger partial charge is 0.339 e. The number of benzene rings is 3. The molecular formula is C28H28FN3O3. The van der Waals surface area contributed by atoms with E-state index in [1.54, 1.807) is 20.8 Å². The monoisotopic (exact) mass is 473 g/mol. The van der Waals surface area contributed by atoms with Crippen LogP contribution in [0.2, 0.25) is 0 Å². The molecule has 0 atom stereocenters. The molecule has 6 nitrogen and oxygen atoms in total. The Morgan fingerprint density at radius 1 is 0.800 bits per heavy atom. The molecular weight excluding hydrogens is 445 g/mol. The average molecular weight is 474 g/mol. The maximum Gasteiger partial charge on any atom is 0.258 e. The van der Waals surface area contributed by atoms with Gasteiger partial charge in [-0.3, -0.25) is 14.4 Å². The van der Waals surface area contributed by atoms with Gasteiger partial charge in [-0.25, -0.2) is 4.39 Å². The summed E-state index contributed by atoms with van der Waals surface area (Å²) in [5, 5.41) is 0. The molecule has 180 valence electrons. The third kappa shape index (κ3) is 6.12. The molecule has 0 saturated carbocycles. The number of rotatable bonds is 6. The number of carbonyl (C=O) groups excluding carboxylic acids is 3. The highest BCUT2D eigenvalue weighted by Crippen LogP contribution is 2.23. The highest BCUT2D eigenvalue weighted by atomic mass is 19.1. The van der Waals surface area contributed by atoms with Crippen molar-refractivity contribution in [1.82, 2.24) is 9.80 Å². The average Bonchev–Trinajstić information content (AvgIpc) is 2.87. The summed E-state index contributed by atoms with van der Waals surface area (Å²) in [5.41, 5.74) is 2.61. The molecule has 0 aromatic heterocycles. The summed E-state index contributed by atoms with van der Waals surface area (Å²) in [5.74, 6) is -0.792. The van der Waals surface area contributed by atoms with Gasteiger partial charge in [0.15, 0.2) is 0 Å². The number of halogens is 1. The molecule has 35 heavy (non-hydrogen) atoms. The van der Waals surface area contributed by atoms with Crippen LogP contribution in [0.3, 0.4) is 0 Å². The second-order valence-corrected chi connectivity index (χ2v) is 8.62. The van der Waals surface area contributed by atoms with Gasteiger partial charge in [0, 0.05) is 44.4 Å². The lowest BCUT2D eigenvalue weighted by Crippen LogP contribution is -2.50. The van der Waals surface area contributed by atoms with Crippen LogP contribution in [0.15, 0.2) is 78.9 Å². The van der Waals surface area contributed by atoms with Crippen molar-refractivity contribution >= 4 is 23.4 Å². The van der Waals surface area contributed by atoms with Crippen LogP contribution in [-0.4, -0.2) is 53.7 Å². The number of piperazine rings is 1. The molecule has 1 heterocycles. The number of anilines is 1. The summed E-state index contributed by atoms with van der Waals surface area (Å²) < 4.78 is 13.8. The first-order valence-electron chi connectivity index (χ1n) is 11.6. The van der Waals surface area contributed by atoms with E-state index >= 15 is 0 Å². The first-order chi connectivity index (χ1) is 16.9. The predicted octanol–water partition coefficient (Wildman–Crippen LogP) is 3.91. The molecule has 7 heteroatoms. The minimum absolute atomic E-state index is 0.0172. The molecule has 0 spiro atoms. The summed E-state index contributed by atoms with van der Waals surface area (Å²) in [7, 11) is 0. The molecule has 0 aliphatic carbocycles. The number of hydrogen-bond donors (Lipinski definition) is 0. The predicted molar refractivity (Wildman–Crippen MR) is 132 cm³/mol. The minimum atomic E-state index is -0.472. The standard InChI is InChI=1S/C28H28FN3O3/c1-21(33)30-13-15-31(16-14-30)27(34)18-23-9-5-12-26(17-23)32(20-22-7-3-2-4-8-22)28(35)24-10-6-11-25(29)19-24/h2-12,17,19H,13-16,18,20H2,1H3. The van der Waals surface area contributed by atoms with Crippen LogP contribution >= 0.6 is 0 Å². The van der Waals surface area contributed by atoms with Crippen LogP contribution in [-0.2, 0) is 22.6 Å². The van der Waals surface area contributed by atoms with Crippen molar-refractivity contribution in [2.45, 2.75) is 19.9 Å². The van der Waals surface area contributed by atoms with Crippen LogP contribution in [0.5, 0.6) is 0 Å². The van der Waals surface area contributed by atoms with Crippen LogP contribution in [0.1, 0.15) is 28.4 Å². The first-order valence-corrected chi connectivity index (χ1v) is 11.6. The van der Waals surface area contributed by atoms with Gasteiger partial charge >= 0.3 is 0 Å². The second kappa shape index (κ2) is 11.0. The number of amides is 3. The van der Waals surface area contributed by atoms with E-state index in [1.807, 2.05) is 54.6 Å². The Bertz CT molecular complexity index is 1210. The lowest BCUT2D eigenvalue weighted by molar-refractivity contribution is -0.138. The van der Waals surface area contributed by atoms with Gasteiger partial charge in [0.25, 0.3) is 5.91 Å². The van der Waals surface area contributed by atoms with Crippen LogP contribution < -0.4 is 4.90 Å². The zero-order chi connectivity index (χ0) is 24.8. The summed E-state index contributed by atoms with van der Waals surface area (Å²) in [6.07, 6.45) is 0.196. The van der Waals surface area contributed by atoms with Gasteiger partial charge in [-0.05, 0) is 41.5 Å². The maximum absolute atomic E-state index is 13.8. The molecule has 0 N–H and O–H groups in total. The van der Waals surface area contributed by atoms with E-state index in [2.05, 4.69) is 0 Å². The number of carbonyl (C=O) groups is 3. The van der Waals surface area contributed by atoms with Gasteiger partial charge in [0.1, 0.15) is 5.82 Å². The van der Waals surface area contributed by atoms with Gasteiger partial charge in [-0.15, -0.1) is 0 Å². The molecule has 1 saturated heterocycles. The molecule has 0 radical (unpaired) electrons. The number of hydrogen-bond acceptors (Lipinski definition) is 3. The highest BCUT2D eigenvalue weighted by Gasteiger charge is 2.23. The van der Waals surface area contributed by atoms with Gasteiger partial charge in [0.2, 0.25) is 11.8 Å². The van der Waals surface area contributed by atoms with E-state index < -0.39 is 5.82 Å². The van der Waals surface area contributed by atoms with Crippen LogP contribution in [0.25, 0.3) is 0 Å². The third-order valence-corrected chi connectivity index (χ3v) is 6.16. The summed E-state index contributed by atoms with van der Waals surface area (Å²) in [6, 6.07) is 22.6. The third-order valence-electron chi connectivity index (χ3n) is 6.16. The SMILES string of the molecule is CC(=O)N1CCN(C(=O)Cc2cccc(N(Cc3ccccc3)C(=O)c3cccc(F)c3)c2)CC1. The zero-order valence-corrected chi connectivity index (χ0v) is 19.7. The summed E-state index contributed by atoms with van der Waals surface area (Å²) in [6.45, 7) is 3.94. The summed E-state index contributed by atoms with van der Waals surface area (Å²) in [4.78, 5) is 43.0. The molecule has 1 fully saturated rings. The van der Waals surface area contributed by atoms with E-state index in [0.29, 0.717) is 38.4 Å². The Hall–Kier alpha value is -4.00. The second-order valence-electron chi connectivity index (χ2n) is 8.62. The quantitative estimate of drug-likeness (QED) is 0.546. The fourth-order valence-electron chi connectivity index (χ4n) is 4.22. The van der Waals surface area contributed by atoms with Crippen molar-refractivity contribution in [3.63, 3.8) is 0 Å². The van der Waals surface area contributed by atoms with Gasteiger partial charge in [-0.1, -0.05) is 48.5 Å². The van der Waals surface area contributed by atoms with Gasteiger partial charge < -0.3 is 14.7 Å². The molecule has 4 rings (SSSR count). The molecule has 3 aromatic carbocycles. The van der Waals surface area contributed by atoms with Crippen molar-refractivity contribution in [2.75, 3.05) is 31.1 Å². The normalized spacial score (nSPS) is 13.4. The summed E-state index contributed by atoms with van der Waals surface area (Å²) >= 11 is 0. The highest BCUT2D eigenvalue weighted by molar-refractivity contribution is 6.06. The van der Waals surface area contributed by atoms with Crippen molar-refractivity contribution in [3.05, 3.63) is 101 Å². The van der Waals surface area contributed by atoms with E-state index in [-0.39, 0.29) is 29.7 Å². The minimum Gasteiger partial charge on any atom is -0.339 e. The molecule has 3 aromatic rings.